The first-order chi connectivity index (χ1) is 17.1. The van der Waals surface area contributed by atoms with Gasteiger partial charge in [-0.3, -0.25) is 14.5 Å². The molecule has 8 heteroatoms. The van der Waals surface area contributed by atoms with Crippen molar-refractivity contribution < 1.29 is 9.59 Å². The number of aromatic nitrogens is 2. The van der Waals surface area contributed by atoms with Gasteiger partial charge in [0.2, 0.25) is 11.8 Å². The number of nitrogens with zero attached hydrogens (tertiary/aromatic N) is 4. The summed E-state index contributed by atoms with van der Waals surface area (Å²) < 4.78 is 0. The second-order valence-corrected chi connectivity index (χ2v) is 10.1. The number of fused-ring (bicyclic) bond motifs is 1. The third-order valence-electron chi connectivity index (χ3n) is 6.62. The van der Waals surface area contributed by atoms with Gasteiger partial charge in [0.25, 0.3) is 0 Å². The Morgan fingerprint density at radius 2 is 1.74 bits per heavy atom. The zero-order valence-corrected chi connectivity index (χ0v) is 20.9. The molecule has 1 saturated heterocycles. The maximum Gasteiger partial charge on any atom is 0.238 e. The lowest BCUT2D eigenvalue weighted by Crippen LogP contribution is -2.50. The summed E-state index contributed by atoms with van der Waals surface area (Å²) in [6, 6.07) is 15.9. The molecule has 0 unspecified atom stereocenters. The number of benzene rings is 2. The number of carbonyl (C=O) groups excluding carboxylic acids is 2. The van der Waals surface area contributed by atoms with E-state index in [1.807, 2.05) is 53.4 Å². The zero-order valence-electron chi connectivity index (χ0n) is 20.1. The summed E-state index contributed by atoms with van der Waals surface area (Å²) in [5.41, 5.74) is 2.97. The van der Waals surface area contributed by atoms with Crippen molar-refractivity contribution in [2.75, 3.05) is 43.8 Å². The summed E-state index contributed by atoms with van der Waals surface area (Å²) >= 11 is 1.51. The number of rotatable bonds is 8. The molecule has 3 aromatic rings. The van der Waals surface area contributed by atoms with E-state index in [1.165, 1.54) is 11.8 Å². The van der Waals surface area contributed by atoms with E-state index in [-0.39, 0.29) is 11.8 Å². The van der Waals surface area contributed by atoms with Crippen molar-refractivity contribution in [2.45, 2.75) is 37.1 Å². The molecule has 2 amide bonds. The van der Waals surface area contributed by atoms with Crippen molar-refractivity contribution in [3.8, 4) is 0 Å². The van der Waals surface area contributed by atoms with Crippen molar-refractivity contribution in [3.63, 3.8) is 0 Å². The monoisotopic (exact) mass is 489 g/mol. The molecular formula is C27H31N5O2S. The Kier molecular flexibility index (Phi) is 7.29. The van der Waals surface area contributed by atoms with Crippen LogP contribution in [0, 0.1) is 0 Å². The van der Waals surface area contributed by atoms with Crippen molar-refractivity contribution >= 4 is 40.2 Å². The first-order valence-corrected chi connectivity index (χ1v) is 13.4. The Morgan fingerprint density at radius 1 is 1.00 bits per heavy atom. The normalized spacial score (nSPS) is 16.4. The third kappa shape index (κ3) is 5.82. The lowest BCUT2D eigenvalue weighted by atomic mass is 10.1. The van der Waals surface area contributed by atoms with E-state index in [0.717, 1.165) is 52.3 Å². The standard InChI is InChI=1S/C27H31N5O2S/c1-2-19-7-3-5-9-22(19)28-24(33)17-31-13-15-32(16-14-31)25(34)18-35-27-21-8-4-6-10-23(21)29-26(30-27)20-11-12-20/h3-10,20H,2,11-18H2,1H3,(H,28,33). The second-order valence-electron chi connectivity index (χ2n) is 9.18. The highest BCUT2D eigenvalue weighted by Crippen LogP contribution is 2.39. The van der Waals surface area contributed by atoms with Crippen LogP contribution < -0.4 is 5.32 Å². The number of thioether (sulfide) groups is 1. The number of amides is 2. The molecule has 2 fully saturated rings. The average molecular weight is 490 g/mol. The van der Waals surface area contributed by atoms with Crippen LogP contribution in [-0.4, -0.2) is 70.1 Å². The highest BCUT2D eigenvalue weighted by Gasteiger charge is 2.28. The molecule has 1 aliphatic carbocycles. The molecule has 5 rings (SSSR count). The molecule has 7 nitrogen and oxygen atoms in total. The van der Waals surface area contributed by atoms with Crippen molar-refractivity contribution in [2.24, 2.45) is 0 Å². The van der Waals surface area contributed by atoms with E-state index in [0.29, 0.717) is 44.4 Å². The Bertz CT molecular complexity index is 1220. The zero-order chi connectivity index (χ0) is 24.2. The largest absolute Gasteiger partial charge is 0.339 e. The summed E-state index contributed by atoms with van der Waals surface area (Å²) in [4.78, 5) is 39.0. The van der Waals surface area contributed by atoms with Crippen molar-refractivity contribution in [1.82, 2.24) is 19.8 Å². The second kappa shape index (κ2) is 10.7. The van der Waals surface area contributed by atoms with E-state index in [4.69, 9.17) is 9.97 Å². The molecule has 2 heterocycles. The van der Waals surface area contributed by atoms with Gasteiger partial charge in [0, 0.05) is 43.2 Å². The minimum atomic E-state index is -0.0108. The smallest absolute Gasteiger partial charge is 0.238 e. The molecule has 0 atom stereocenters. The fraction of sp³-hybridized carbons (Fsp3) is 0.407. The van der Waals surface area contributed by atoms with Crippen LogP contribution in [0.25, 0.3) is 10.9 Å². The van der Waals surface area contributed by atoms with Crippen LogP contribution >= 0.6 is 11.8 Å². The Hall–Kier alpha value is -2.97. The summed E-state index contributed by atoms with van der Waals surface area (Å²) in [7, 11) is 0. The van der Waals surface area contributed by atoms with Gasteiger partial charge in [-0.15, -0.1) is 0 Å². The molecule has 2 aliphatic rings. The van der Waals surface area contributed by atoms with E-state index in [9.17, 15) is 9.59 Å². The summed E-state index contributed by atoms with van der Waals surface area (Å²) in [5, 5.41) is 4.94. The van der Waals surface area contributed by atoms with Crippen LogP contribution in [0.1, 0.15) is 37.1 Å². The van der Waals surface area contributed by atoms with Crippen LogP contribution in [0.15, 0.2) is 53.6 Å². The Morgan fingerprint density at radius 3 is 2.51 bits per heavy atom. The molecule has 1 N–H and O–H groups in total. The molecule has 1 saturated carbocycles. The predicted molar refractivity (Wildman–Crippen MR) is 140 cm³/mol. The molecule has 182 valence electrons. The topological polar surface area (TPSA) is 78.4 Å². The molecule has 1 aromatic heterocycles. The van der Waals surface area contributed by atoms with Gasteiger partial charge in [0.05, 0.1) is 17.8 Å². The SMILES string of the molecule is CCc1ccccc1NC(=O)CN1CCN(C(=O)CSc2nc(C3CC3)nc3ccccc23)CC1. The van der Waals surface area contributed by atoms with E-state index in [1.54, 1.807) is 0 Å². The summed E-state index contributed by atoms with van der Waals surface area (Å²) in [5.74, 6) is 1.84. The first-order valence-electron chi connectivity index (χ1n) is 12.4. The number of anilines is 1. The number of piperazine rings is 1. The maximum absolute atomic E-state index is 12.9. The first kappa shape index (κ1) is 23.8. The van der Waals surface area contributed by atoms with Crippen LogP contribution in [0.2, 0.25) is 0 Å². The van der Waals surface area contributed by atoms with E-state index >= 15 is 0 Å². The van der Waals surface area contributed by atoms with Gasteiger partial charge in [-0.1, -0.05) is 55.1 Å². The van der Waals surface area contributed by atoms with Crippen molar-refractivity contribution in [1.29, 1.82) is 0 Å². The average Bonchev–Trinajstić information content (AvgIpc) is 3.73. The third-order valence-corrected chi connectivity index (χ3v) is 7.60. The van der Waals surface area contributed by atoms with Gasteiger partial charge < -0.3 is 10.2 Å². The molecule has 0 spiro atoms. The highest BCUT2D eigenvalue weighted by molar-refractivity contribution is 8.00. The van der Waals surface area contributed by atoms with Crippen LogP contribution in [0.3, 0.4) is 0 Å². The molecule has 1 aliphatic heterocycles. The number of para-hydroxylation sites is 2. The van der Waals surface area contributed by atoms with E-state index < -0.39 is 0 Å². The van der Waals surface area contributed by atoms with E-state index in [2.05, 4.69) is 17.1 Å². The minimum Gasteiger partial charge on any atom is -0.339 e. The quantitative estimate of drug-likeness (QED) is 0.381. The Labute approximate surface area is 210 Å². The van der Waals surface area contributed by atoms with Gasteiger partial charge in [-0.2, -0.15) is 0 Å². The number of hydrogen-bond acceptors (Lipinski definition) is 6. The number of hydrogen-bond donors (Lipinski definition) is 1. The predicted octanol–water partition coefficient (Wildman–Crippen LogP) is 3.94. The van der Waals surface area contributed by atoms with Crippen LogP contribution in [0.4, 0.5) is 5.69 Å². The number of aryl methyl sites for hydroxylation is 1. The van der Waals surface area contributed by atoms with Gasteiger partial charge in [-0.05, 0) is 37.0 Å². The number of carbonyl (C=O) groups is 2. The molecule has 0 bridgehead atoms. The minimum absolute atomic E-state index is 0.0108. The molecule has 35 heavy (non-hydrogen) atoms. The highest BCUT2D eigenvalue weighted by atomic mass is 32.2. The lowest BCUT2D eigenvalue weighted by Gasteiger charge is -2.34. The fourth-order valence-corrected chi connectivity index (χ4v) is 5.35. The summed E-state index contributed by atoms with van der Waals surface area (Å²) in [6.07, 6.45) is 3.17. The Balaban J connectivity index is 1.12. The van der Waals surface area contributed by atoms with Gasteiger partial charge in [0.1, 0.15) is 10.9 Å². The molecule has 2 aromatic carbocycles. The maximum atomic E-state index is 12.9. The van der Waals surface area contributed by atoms with Crippen molar-refractivity contribution in [3.05, 3.63) is 59.9 Å². The lowest BCUT2D eigenvalue weighted by molar-refractivity contribution is -0.130. The fourth-order valence-electron chi connectivity index (χ4n) is 4.42. The summed E-state index contributed by atoms with van der Waals surface area (Å²) in [6.45, 7) is 5.08. The van der Waals surface area contributed by atoms with Gasteiger partial charge >= 0.3 is 0 Å². The molecular weight excluding hydrogens is 458 g/mol. The van der Waals surface area contributed by atoms with Crippen LogP contribution in [0.5, 0.6) is 0 Å². The van der Waals surface area contributed by atoms with Gasteiger partial charge in [0.15, 0.2) is 0 Å². The van der Waals surface area contributed by atoms with Crippen LogP contribution in [-0.2, 0) is 16.0 Å². The number of nitrogens with one attached hydrogen (secondary N) is 1. The molecule has 0 radical (unpaired) electrons. The van der Waals surface area contributed by atoms with Gasteiger partial charge in [-0.25, -0.2) is 9.97 Å².